The molecule has 86 valence electrons. The first-order valence-electron chi connectivity index (χ1n) is 5.01. The molecule has 0 saturated heterocycles. The van der Waals surface area contributed by atoms with Crippen LogP contribution in [0.3, 0.4) is 0 Å². The third kappa shape index (κ3) is 3.45. The van der Waals surface area contributed by atoms with E-state index in [1.807, 2.05) is 19.1 Å². The number of halogens is 1. The van der Waals surface area contributed by atoms with Crippen molar-refractivity contribution < 1.29 is 9.59 Å². The molecule has 16 heavy (non-hydrogen) atoms. The number of hydrogen-bond acceptors (Lipinski definition) is 2. The molecule has 0 aliphatic rings. The molecule has 1 atom stereocenters. The Labute approximate surface area is 103 Å². The Kier molecular flexibility index (Phi) is 4.68. The molecular weight excluding hydrogens is 270 g/mol. The van der Waals surface area contributed by atoms with Gasteiger partial charge in [0.15, 0.2) is 5.78 Å². The summed E-state index contributed by atoms with van der Waals surface area (Å²) in [5.41, 5.74) is 1.66. The molecule has 0 aliphatic heterocycles. The van der Waals surface area contributed by atoms with Gasteiger partial charge in [0.2, 0.25) is 5.91 Å². The lowest BCUT2D eigenvalue weighted by Crippen LogP contribution is -2.23. The van der Waals surface area contributed by atoms with Gasteiger partial charge in [-0.2, -0.15) is 0 Å². The number of carbonyl (C=O) groups excluding carboxylic acids is 2. The number of carbonyl (C=O) groups is 2. The normalized spacial score (nSPS) is 11.9. The molecule has 3 nitrogen and oxygen atoms in total. The number of Topliss-reactive ketones (excluding diaryl/α,β-unsaturated/α-hetero) is 1. The average Bonchev–Trinajstić information content (AvgIpc) is 2.27. The number of rotatable bonds is 4. The maximum Gasteiger partial charge on any atom is 0.217 e. The minimum atomic E-state index is -0.0619. The fourth-order valence-electron chi connectivity index (χ4n) is 1.42. The molecule has 1 rings (SSSR count). The van der Waals surface area contributed by atoms with Gasteiger partial charge in [-0.1, -0.05) is 40.2 Å². The van der Waals surface area contributed by atoms with Crippen LogP contribution >= 0.6 is 15.9 Å². The van der Waals surface area contributed by atoms with E-state index in [1.54, 1.807) is 12.1 Å². The van der Waals surface area contributed by atoms with Crippen molar-refractivity contribution in [2.24, 2.45) is 0 Å². The van der Waals surface area contributed by atoms with E-state index >= 15 is 0 Å². The van der Waals surface area contributed by atoms with E-state index in [-0.39, 0.29) is 17.7 Å². The smallest absolute Gasteiger partial charge is 0.217 e. The third-order valence-electron chi connectivity index (χ3n) is 2.27. The van der Waals surface area contributed by atoms with Crippen LogP contribution < -0.4 is 5.32 Å². The monoisotopic (exact) mass is 283 g/mol. The molecule has 1 aromatic rings. The molecule has 0 fully saturated rings. The molecule has 0 aliphatic carbocycles. The summed E-state index contributed by atoms with van der Waals surface area (Å²) in [6, 6.07) is 7.23. The Bertz CT molecular complexity index is 387. The number of alkyl halides is 1. The van der Waals surface area contributed by atoms with E-state index < -0.39 is 0 Å². The van der Waals surface area contributed by atoms with Crippen LogP contribution in [0, 0.1) is 0 Å². The fourth-order valence-corrected chi connectivity index (χ4v) is 1.75. The maximum atomic E-state index is 11.4. The number of ketones is 1. The maximum absolute atomic E-state index is 11.4. The van der Waals surface area contributed by atoms with Gasteiger partial charge in [-0.05, 0) is 12.5 Å². The summed E-state index contributed by atoms with van der Waals surface area (Å²) in [5, 5.41) is 3.12. The largest absolute Gasteiger partial charge is 0.350 e. The average molecular weight is 284 g/mol. The van der Waals surface area contributed by atoms with Gasteiger partial charge in [0, 0.05) is 12.5 Å². The second-order valence-corrected chi connectivity index (χ2v) is 4.16. The van der Waals surface area contributed by atoms with Crippen molar-refractivity contribution in [3.63, 3.8) is 0 Å². The van der Waals surface area contributed by atoms with Crippen molar-refractivity contribution in [2.75, 3.05) is 5.33 Å². The van der Waals surface area contributed by atoms with E-state index in [2.05, 4.69) is 21.2 Å². The molecular formula is C12H14BrNO2. The Hall–Kier alpha value is -1.16. The van der Waals surface area contributed by atoms with Crippen LogP contribution in [0.15, 0.2) is 24.3 Å². The summed E-state index contributed by atoms with van der Waals surface area (Å²) in [5.74, 6) is -0.00755. The van der Waals surface area contributed by atoms with Crippen molar-refractivity contribution in [3.05, 3.63) is 35.4 Å². The SMILES string of the molecule is CC(=O)N[C@H](C)c1ccc(C(=O)CBr)cc1. The molecule has 0 unspecified atom stereocenters. The second-order valence-electron chi connectivity index (χ2n) is 3.60. The highest BCUT2D eigenvalue weighted by molar-refractivity contribution is 9.09. The number of benzene rings is 1. The van der Waals surface area contributed by atoms with Crippen LogP contribution in [-0.2, 0) is 4.79 Å². The molecule has 0 spiro atoms. The van der Waals surface area contributed by atoms with Gasteiger partial charge in [-0.15, -0.1) is 0 Å². The quantitative estimate of drug-likeness (QED) is 0.682. The van der Waals surface area contributed by atoms with E-state index in [1.165, 1.54) is 6.92 Å². The lowest BCUT2D eigenvalue weighted by atomic mass is 10.0. The number of hydrogen-bond donors (Lipinski definition) is 1. The highest BCUT2D eigenvalue weighted by atomic mass is 79.9. The van der Waals surface area contributed by atoms with E-state index in [0.717, 1.165) is 5.56 Å². The minimum Gasteiger partial charge on any atom is -0.350 e. The van der Waals surface area contributed by atoms with Gasteiger partial charge in [0.05, 0.1) is 11.4 Å². The van der Waals surface area contributed by atoms with Gasteiger partial charge in [-0.25, -0.2) is 0 Å². The van der Waals surface area contributed by atoms with Gasteiger partial charge in [-0.3, -0.25) is 9.59 Å². The summed E-state index contributed by atoms with van der Waals surface area (Å²) >= 11 is 3.13. The lowest BCUT2D eigenvalue weighted by molar-refractivity contribution is -0.119. The molecule has 1 amide bonds. The van der Waals surface area contributed by atoms with Crippen molar-refractivity contribution in [1.82, 2.24) is 5.32 Å². The highest BCUT2D eigenvalue weighted by Gasteiger charge is 2.08. The first-order chi connectivity index (χ1) is 7.54. The van der Waals surface area contributed by atoms with Crippen LogP contribution in [-0.4, -0.2) is 17.0 Å². The zero-order valence-corrected chi connectivity index (χ0v) is 10.9. The first-order valence-corrected chi connectivity index (χ1v) is 6.13. The predicted octanol–water partition coefficient (Wildman–Crippen LogP) is 2.46. The van der Waals surface area contributed by atoms with Crippen molar-refractivity contribution >= 4 is 27.6 Å². The topological polar surface area (TPSA) is 46.2 Å². The standard InChI is InChI=1S/C12H14BrNO2/c1-8(14-9(2)15)10-3-5-11(6-4-10)12(16)7-13/h3-6,8H,7H2,1-2H3,(H,14,15)/t8-/m1/s1. The second kappa shape index (κ2) is 5.80. The summed E-state index contributed by atoms with van der Waals surface area (Å²) in [7, 11) is 0. The van der Waals surface area contributed by atoms with E-state index in [0.29, 0.717) is 10.9 Å². The van der Waals surface area contributed by atoms with Crippen molar-refractivity contribution in [2.45, 2.75) is 19.9 Å². The highest BCUT2D eigenvalue weighted by Crippen LogP contribution is 2.14. The zero-order chi connectivity index (χ0) is 12.1. The molecule has 0 bridgehead atoms. The Morgan fingerprint density at radius 3 is 2.31 bits per heavy atom. The van der Waals surface area contributed by atoms with Crippen molar-refractivity contribution in [3.8, 4) is 0 Å². The number of nitrogens with one attached hydrogen (secondary N) is 1. The summed E-state index contributed by atoms with van der Waals surface area (Å²) in [4.78, 5) is 22.2. The van der Waals surface area contributed by atoms with Crippen LogP contribution in [0.25, 0.3) is 0 Å². The first kappa shape index (κ1) is 12.9. The van der Waals surface area contributed by atoms with Gasteiger partial charge >= 0.3 is 0 Å². The summed E-state index contributed by atoms with van der Waals surface area (Å²) in [6.07, 6.45) is 0. The molecule has 4 heteroatoms. The minimum absolute atomic E-state index is 0.0365. The van der Waals surface area contributed by atoms with Gasteiger partial charge in [0.1, 0.15) is 0 Å². The third-order valence-corrected chi connectivity index (χ3v) is 2.78. The summed E-state index contributed by atoms with van der Waals surface area (Å²) < 4.78 is 0. The summed E-state index contributed by atoms with van der Waals surface area (Å²) in [6.45, 7) is 3.39. The molecule has 0 aromatic heterocycles. The Balaban J connectivity index is 2.78. The molecule has 0 radical (unpaired) electrons. The van der Waals surface area contributed by atoms with Crippen LogP contribution in [0.5, 0.6) is 0 Å². The van der Waals surface area contributed by atoms with Crippen LogP contribution in [0.2, 0.25) is 0 Å². The Morgan fingerprint density at radius 2 is 1.88 bits per heavy atom. The fraction of sp³-hybridized carbons (Fsp3) is 0.333. The molecule has 0 heterocycles. The Morgan fingerprint density at radius 1 is 1.31 bits per heavy atom. The molecule has 1 N–H and O–H groups in total. The van der Waals surface area contributed by atoms with Crippen LogP contribution in [0.4, 0.5) is 0 Å². The van der Waals surface area contributed by atoms with Crippen LogP contribution in [0.1, 0.15) is 35.8 Å². The van der Waals surface area contributed by atoms with Gasteiger partial charge in [0.25, 0.3) is 0 Å². The lowest BCUT2D eigenvalue weighted by Gasteiger charge is -2.12. The molecule has 1 aromatic carbocycles. The predicted molar refractivity (Wildman–Crippen MR) is 66.8 cm³/mol. The van der Waals surface area contributed by atoms with Crippen molar-refractivity contribution in [1.29, 1.82) is 0 Å². The van der Waals surface area contributed by atoms with E-state index in [9.17, 15) is 9.59 Å². The number of amides is 1. The zero-order valence-electron chi connectivity index (χ0n) is 9.29. The molecule has 0 saturated carbocycles. The van der Waals surface area contributed by atoms with E-state index in [4.69, 9.17) is 0 Å². The van der Waals surface area contributed by atoms with Gasteiger partial charge < -0.3 is 5.32 Å².